The Bertz CT molecular complexity index is 375. The number of nitriles is 1. The smallest absolute Gasteiger partial charge is 0.224 e. The second-order valence-corrected chi connectivity index (χ2v) is 3.27. The molecule has 1 aromatic heterocycles. The van der Waals surface area contributed by atoms with Gasteiger partial charge in [0.2, 0.25) is 0 Å². The maximum absolute atomic E-state index is 12.3. The molecule has 0 saturated carbocycles. The van der Waals surface area contributed by atoms with Crippen LogP contribution in [0.2, 0.25) is 5.15 Å². The molecule has 0 saturated heterocycles. The molecule has 0 unspecified atom stereocenters. The summed E-state index contributed by atoms with van der Waals surface area (Å²) in [5.41, 5.74) is -0.444. The molecule has 0 aliphatic carbocycles. The first-order valence-electron chi connectivity index (χ1n) is 3.10. The fourth-order valence-corrected chi connectivity index (χ4v) is 1.31. The molecule has 0 aliphatic heterocycles. The van der Waals surface area contributed by atoms with Gasteiger partial charge in [0.1, 0.15) is 16.9 Å². The van der Waals surface area contributed by atoms with E-state index in [9.17, 15) is 8.78 Å². The Kier molecular flexibility index (Phi) is 3.17. The van der Waals surface area contributed by atoms with E-state index in [0.29, 0.717) is 0 Å². The summed E-state index contributed by atoms with van der Waals surface area (Å²) in [6.45, 7) is 0. The Morgan fingerprint density at radius 2 is 2.23 bits per heavy atom. The first-order chi connectivity index (χ1) is 6.06. The zero-order chi connectivity index (χ0) is 10.0. The summed E-state index contributed by atoms with van der Waals surface area (Å²) in [6.07, 6.45) is -2.68. The van der Waals surface area contributed by atoms with Gasteiger partial charge in [-0.05, 0) is 22.0 Å². The van der Waals surface area contributed by atoms with Crippen molar-refractivity contribution in [3.63, 3.8) is 0 Å². The maximum Gasteiger partial charge on any atom is 0.265 e. The van der Waals surface area contributed by atoms with E-state index in [4.69, 9.17) is 16.9 Å². The molecule has 0 amide bonds. The fourth-order valence-electron chi connectivity index (χ4n) is 0.733. The summed E-state index contributed by atoms with van der Waals surface area (Å²) in [7, 11) is 0. The maximum atomic E-state index is 12.3. The summed E-state index contributed by atoms with van der Waals surface area (Å²) < 4.78 is 24.6. The van der Waals surface area contributed by atoms with E-state index >= 15 is 0 Å². The highest BCUT2D eigenvalue weighted by Crippen LogP contribution is 2.32. The second kappa shape index (κ2) is 3.99. The van der Waals surface area contributed by atoms with Gasteiger partial charge in [-0.3, -0.25) is 0 Å². The topological polar surface area (TPSA) is 36.7 Å². The number of hydrogen-bond acceptors (Lipinski definition) is 2. The van der Waals surface area contributed by atoms with Crippen molar-refractivity contribution >= 4 is 27.5 Å². The van der Waals surface area contributed by atoms with Crippen LogP contribution in [-0.4, -0.2) is 4.98 Å². The Labute approximate surface area is 86.3 Å². The van der Waals surface area contributed by atoms with Gasteiger partial charge in [0, 0.05) is 5.56 Å². The van der Waals surface area contributed by atoms with E-state index in [2.05, 4.69) is 20.9 Å². The van der Waals surface area contributed by atoms with E-state index in [1.54, 1.807) is 6.07 Å². The van der Waals surface area contributed by atoms with Gasteiger partial charge in [-0.2, -0.15) is 5.26 Å². The van der Waals surface area contributed by atoms with Crippen LogP contribution in [0.15, 0.2) is 10.5 Å². The van der Waals surface area contributed by atoms with E-state index < -0.39 is 6.43 Å². The SMILES string of the molecule is N#Cc1cc(C(F)F)c(Br)c(Cl)n1. The van der Waals surface area contributed by atoms with Crippen LogP contribution < -0.4 is 0 Å². The number of halogens is 4. The van der Waals surface area contributed by atoms with Crippen molar-refractivity contribution in [2.24, 2.45) is 0 Å². The summed E-state index contributed by atoms with van der Waals surface area (Å²) in [5.74, 6) is 0. The van der Waals surface area contributed by atoms with Gasteiger partial charge < -0.3 is 0 Å². The molecular weight excluding hydrogens is 265 g/mol. The van der Waals surface area contributed by atoms with Gasteiger partial charge in [-0.1, -0.05) is 11.6 Å². The molecule has 68 valence electrons. The van der Waals surface area contributed by atoms with Crippen LogP contribution in [0.1, 0.15) is 17.7 Å². The van der Waals surface area contributed by atoms with E-state index in [1.807, 2.05) is 0 Å². The molecule has 0 radical (unpaired) electrons. The molecule has 0 aliphatic rings. The van der Waals surface area contributed by atoms with Crippen molar-refractivity contribution in [1.82, 2.24) is 4.98 Å². The van der Waals surface area contributed by atoms with Gasteiger partial charge in [0.15, 0.2) is 0 Å². The fraction of sp³-hybridized carbons (Fsp3) is 0.143. The van der Waals surface area contributed by atoms with Gasteiger partial charge in [-0.15, -0.1) is 0 Å². The van der Waals surface area contributed by atoms with Gasteiger partial charge >= 0.3 is 0 Å². The Morgan fingerprint density at radius 3 is 2.69 bits per heavy atom. The normalized spacial score (nSPS) is 10.2. The van der Waals surface area contributed by atoms with Crippen LogP contribution in [0.25, 0.3) is 0 Å². The number of rotatable bonds is 1. The highest BCUT2D eigenvalue weighted by Gasteiger charge is 2.16. The van der Waals surface area contributed by atoms with Crippen molar-refractivity contribution in [3.05, 3.63) is 26.9 Å². The summed E-state index contributed by atoms with van der Waals surface area (Å²) in [4.78, 5) is 3.56. The molecule has 0 N–H and O–H groups in total. The molecule has 6 heteroatoms. The zero-order valence-corrected chi connectivity index (χ0v) is 8.40. The second-order valence-electron chi connectivity index (χ2n) is 2.11. The molecular formula is C7H2BrClF2N2. The lowest BCUT2D eigenvalue weighted by molar-refractivity contribution is 0.150. The molecule has 1 aromatic rings. The van der Waals surface area contributed by atoms with E-state index in [1.165, 1.54) is 0 Å². The average molecular weight is 267 g/mol. The zero-order valence-electron chi connectivity index (χ0n) is 6.06. The Morgan fingerprint density at radius 1 is 1.62 bits per heavy atom. The van der Waals surface area contributed by atoms with Crippen molar-refractivity contribution in [3.8, 4) is 6.07 Å². The summed E-state index contributed by atoms with van der Waals surface area (Å²) >= 11 is 8.36. The van der Waals surface area contributed by atoms with Crippen LogP contribution >= 0.6 is 27.5 Å². The lowest BCUT2D eigenvalue weighted by Gasteiger charge is -2.04. The number of nitrogens with zero attached hydrogens (tertiary/aromatic N) is 2. The monoisotopic (exact) mass is 266 g/mol. The summed E-state index contributed by atoms with van der Waals surface area (Å²) in [6, 6.07) is 2.64. The van der Waals surface area contributed by atoms with Crippen LogP contribution in [0, 0.1) is 11.3 Å². The molecule has 0 fully saturated rings. The van der Waals surface area contributed by atoms with Crippen LogP contribution in [0.5, 0.6) is 0 Å². The minimum absolute atomic E-state index is 0.0307. The largest absolute Gasteiger partial charge is 0.265 e. The predicted octanol–water partition coefficient (Wildman–Crippen LogP) is 3.31. The van der Waals surface area contributed by atoms with Crippen molar-refractivity contribution in [1.29, 1.82) is 5.26 Å². The van der Waals surface area contributed by atoms with Gasteiger partial charge in [0.05, 0.1) is 4.47 Å². The first kappa shape index (κ1) is 10.4. The number of alkyl halides is 2. The molecule has 13 heavy (non-hydrogen) atoms. The van der Waals surface area contributed by atoms with E-state index in [-0.39, 0.29) is 20.9 Å². The lowest BCUT2D eigenvalue weighted by Crippen LogP contribution is -1.93. The third kappa shape index (κ3) is 2.14. The number of hydrogen-bond donors (Lipinski definition) is 0. The summed E-state index contributed by atoms with van der Waals surface area (Å²) in [5, 5.41) is 8.30. The van der Waals surface area contributed by atoms with Crippen molar-refractivity contribution < 1.29 is 8.78 Å². The lowest BCUT2D eigenvalue weighted by atomic mass is 10.2. The van der Waals surface area contributed by atoms with Crippen LogP contribution in [0.3, 0.4) is 0 Å². The standard InChI is InChI=1S/C7H2BrClF2N2/c8-5-4(7(10)11)1-3(2-12)13-6(5)9/h1,7H. The first-order valence-corrected chi connectivity index (χ1v) is 4.27. The molecule has 1 rings (SSSR count). The minimum atomic E-state index is -2.68. The molecule has 0 atom stereocenters. The third-order valence-electron chi connectivity index (χ3n) is 1.30. The minimum Gasteiger partial charge on any atom is -0.224 e. The highest BCUT2D eigenvalue weighted by molar-refractivity contribution is 9.10. The molecule has 1 heterocycles. The van der Waals surface area contributed by atoms with Gasteiger partial charge in [0.25, 0.3) is 6.43 Å². The van der Waals surface area contributed by atoms with Crippen molar-refractivity contribution in [2.75, 3.05) is 0 Å². The molecule has 0 aromatic carbocycles. The van der Waals surface area contributed by atoms with Gasteiger partial charge in [-0.25, -0.2) is 13.8 Å². The molecule has 0 bridgehead atoms. The quantitative estimate of drug-likeness (QED) is 0.732. The third-order valence-corrected chi connectivity index (χ3v) is 2.63. The Hall–Kier alpha value is -0.730. The number of aromatic nitrogens is 1. The molecule has 0 spiro atoms. The van der Waals surface area contributed by atoms with Crippen molar-refractivity contribution in [2.45, 2.75) is 6.43 Å². The highest BCUT2D eigenvalue weighted by atomic mass is 79.9. The van der Waals surface area contributed by atoms with Crippen LogP contribution in [-0.2, 0) is 0 Å². The molecule has 2 nitrogen and oxygen atoms in total. The predicted molar refractivity (Wildman–Crippen MR) is 46.6 cm³/mol. The van der Waals surface area contributed by atoms with Crippen LogP contribution in [0.4, 0.5) is 8.78 Å². The van der Waals surface area contributed by atoms with E-state index in [0.717, 1.165) is 6.07 Å². The average Bonchev–Trinajstić information content (AvgIpc) is 2.09. The Balaban J connectivity index is 3.35. The number of pyridine rings is 1.